The molecule has 1 aliphatic rings. The summed E-state index contributed by atoms with van der Waals surface area (Å²) in [5.41, 5.74) is 2.32. The fraction of sp³-hybridized carbons (Fsp3) is 0.467. The zero-order valence-electron chi connectivity index (χ0n) is 12.2. The van der Waals surface area contributed by atoms with Crippen molar-refractivity contribution in [1.29, 1.82) is 0 Å². The number of rotatable bonds is 4. The van der Waals surface area contributed by atoms with Crippen molar-refractivity contribution >= 4 is 29.2 Å². The van der Waals surface area contributed by atoms with Crippen molar-refractivity contribution in [2.24, 2.45) is 0 Å². The summed E-state index contributed by atoms with van der Waals surface area (Å²) < 4.78 is 5.37. The molecule has 21 heavy (non-hydrogen) atoms. The lowest BCUT2D eigenvalue weighted by Crippen LogP contribution is -2.17. The molecule has 112 valence electrons. The fourth-order valence-electron chi connectivity index (χ4n) is 2.22. The molecule has 1 aromatic heterocycles. The van der Waals surface area contributed by atoms with Crippen molar-refractivity contribution in [1.82, 2.24) is 10.1 Å². The molecule has 2 aromatic rings. The van der Waals surface area contributed by atoms with Crippen LogP contribution in [0.3, 0.4) is 0 Å². The van der Waals surface area contributed by atoms with Gasteiger partial charge in [-0.15, -0.1) is 11.8 Å². The van der Waals surface area contributed by atoms with Crippen LogP contribution in [0.4, 0.5) is 5.69 Å². The summed E-state index contributed by atoms with van der Waals surface area (Å²) in [5.74, 6) is 3.85. The first-order valence-electron chi connectivity index (χ1n) is 7.08. The van der Waals surface area contributed by atoms with Gasteiger partial charge in [-0.1, -0.05) is 29.8 Å². The third-order valence-electron chi connectivity index (χ3n) is 3.42. The average Bonchev–Trinajstić information content (AvgIpc) is 2.96. The number of hydrogen-bond donors (Lipinski definition) is 1. The topological polar surface area (TPSA) is 51.0 Å². The summed E-state index contributed by atoms with van der Waals surface area (Å²) in [6.45, 7) is 4.88. The Hall–Kier alpha value is -1.14. The highest BCUT2D eigenvalue weighted by Crippen LogP contribution is 2.41. The normalized spacial score (nSPS) is 22.2. The van der Waals surface area contributed by atoms with Gasteiger partial charge in [0.25, 0.3) is 0 Å². The van der Waals surface area contributed by atoms with E-state index in [-0.39, 0.29) is 0 Å². The molecule has 0 amide bonds. The van der Waals surface area contributed by atoms with Gasteiger partial charge in [0.05, 0.1) is 11.8 Å². The predicted molar refractivity (Wildman–Crippen MR) is 89.9 cm³/mol. The molecule has 0 bridgehead atoms. The molecule has 2 unspecified atom stereocenters. The molecule has 2 heterocycles. The van der Waals surface area contributed by atoms with Crippen LogP contribution in [-0.2, 0) is 6.54 Å². The standard InChI is InChI=1S/C15H19N3OS2/c1-10-3-5-12(6-4-10)16-9-13-17-15(18-19-13)14-11(2)20-7-8-21-14/h3-6,11,14,16H,7-9H2,1-2H3. The largest absolute Gasteiger partial charge is 0.376 e. The molecule has 1 N–H and O–H groups in total. The first-order valence-corrected chi connectivity index (χ1v) is 9.18. The number of aromatic nitrogens is 2. The molecule has 1 aliphatic heterocycles. The molecule has 0 radical (unpaired) electrons. The van der Waals surface area contributed by atoms with Crippen LogP contribution in [0.25, 0.3) is 0 Å². The number of thioether (sulfide) groups is 2. The maximum absolute atomic E-state index is 5.37. The molecule has 1 fully saturated rings. The molecule has 0 saturated carbocycles. The third kappa shape index (κ3) is 3.74. The summed E-state index contributed by atoms with van der Waals surface area (Å²) >= 11 is 3.91. The third-order valence-corrected chi connectivity index (χ3v) is 6.51. The van der Waals surface area contributed by atoms with E-state index in [1.807, 2.05) is 23.5 Å². The van der Waals surface area contributed by atoms with E-state index < -0.39 is 0 Å². The van der Waals surface area contributed by atoms with Crippen LogP contribution >= 0.6 is 23.5 Å². The lowest BCUT2D eigenvalue weighted by Gasteiger charge is -2.24. The highest BCUT2D eigenvalue weighted by Gasteiger charge is 2.28. The summed E-state index contributed by atoms with van der Waals surface area (Å²) in [4.78, 5) is 4.54. The second kappa shape index (κ2) is 6.75. The Morgan fingerprint density at radius 1 is 1.24 bits per heavy atom. The number of hydrogen-bond acceptors (Lipinski definition) is 6. The van der Waals surface area contributed by atoms with E-state index in [2.05, 4.69) is 53.6 Å². The Balaban J connectivity index is 1.61. The van der Waals surface area contributed by atoms with Gasteiger partial charge >= 0.3 is 0 Å². The van der Waals surface area contributed by atoms with E-state index in [1.165, 1.54) is 11.3 Å². The summed E-state index contributed by atoms with van der Waals surface area (Å²) in [6, 6.07) is 8.28. The summed E-state index contributed by atoms with van der Waals surface area (Å²) in [5, 5.41) is 8.35. The van der Waals surface area contributed by atoms with E-state index in [4.69, 9.17) is 4.52 Å². The van der Waals surface area contributed by atoms with Crippen LogP contribution < -0.4 is 5.32 Å². The molecule has 1 saturated heterocycles. The van der Waals surface area contributed by atoms with Crippen LogP contribution in [0.2, 0.25) is 0 Å². The maximum Gasteiger partial charge on any atom is 0.245 e. The number of anilines is 1. The van der Waals surface area contributed by atoms with Gasteiger partial charge < -0.3 is 9.84 Å². The van der Waals surface area contributed by atoms with Crippen molar-refractivity contribution in [2.45, 2.75) is 30.9 Å². The van der Waals surface area contributed by atoms with Gasteiger partial charge in [0.2, 0.25) is 5.89 Å². The molecule has 3 rings (SSSR count). The minimum atomic E-state index is 0.348. The lowest BCUT2D eigenvalue weighted by atomic mass is 10.2. The van der Waals surface area contributed by atoms with E-state index in [1.54, 1.807) is 0 Å². The Bertz CT molecular complexity index is 585. The van der Waals surface area contributed by atoms with Gasteiger partial charge in [0.1, 0.15) is 0 Å². The zero-order chi connectivity index (χ0) is 14.7. The van der Waals surface area contributed by atoms with Crippen LogP contribution in [0.15, 0.2) is 28.8 Å². The second-order valence-electron chi connectivity index (χ2n) is 5.13. The van der Waals surface area contributed by atoms with E-state index in [9.17, 15) is 0 Å². The van der Waals surface area contributed by atoms with E-state index in [0.717, 1.165) is 17.3 Å². The highest BCUT2D eigenvalue weighted by molar-refractivity contribution is 8.06. The molecular weight excluding hydrogens is 302 g/mol. The molecule has 1 aromatic carbocycles. The van der Waals surface area contributed by atoms with Gasteiger partial charge in [-0.05, 0) is 19.1 Å². The summed E-state index contributed by atoms with van der Waals surface area (Å²) in [6.07, 6.45) is 0. The van der Waals surface area contributed by atoms with Crippen LogP contribution in [0.1, 0.15) is 29.5 Å². The molecular formula is C15H19N3OS2. The SMILES string of the molecule is Cc1ccc(NCc2nc(C3SCCSC3C)no2)cc1. The second-order valence-corrected chi connectivity index (χ2v) is 7.87. The van der Waals surface area contributed by atoms with Crippen molar-refractivity contribution in [3.63, 3.8) is 0 Å². The Morgan fingerprint density at radius 3 is 2.76 bits per heavy atom. The fourth-order valence-corrected chi connectivity index (χ4v) is 4.90. The van der Waals surface area contributed by atoms with Crippen molar-refractivity contribution in [3.8, 4) is 0 Å². The van der Waals surface area contributed by atoms with Crippen molar-refractivity contribution in [3.05, 3.63) is 41.5 Å². The average molecular weight is 321 g/mol. The van der Waals surface area contributed by atoms with Gasteiger partial charge in [-0.25, -0.2) is 0 Å². The van der Waals surface area contributed by atoms with Crippen LogP contribution in [0, 0.1) is 6.92 Å². The van der Waals surface area contributed by atoms with Gasteiger partial charge in [0, 0.05) is 22.4 Å². The van der Waals surface area contributed by atoms with E-state index >= 15 is 0 Å². The minimum Gasteiger partial charge on any atom is -0.376 e. The van der Waals surface area contributed by atoms with Gasteiger partial charge in [0.15, 0.2) is 5.82 Å². The number of benzene rings is 1. The maximum atomic E-state index is 5.37. The van der Waals surface area contributed by atoms with Crippen LogP contribution in [0.5, 0.6) is 0 Å². The minimum absolute atomic E-state index is 0.348. The predicted octanol–water partition coefficient (Wildman–Crippen LogP) is 3.90. The first kappa shape index (κ1) is 14.8. The monoisotopic (exact) mass is 321 g/mol. The van der Waals surface area contributed by atoms with Crippen LogP contribution in [-0.4, -0.2) is 26.9 Å². The number of nitrogens with one attached hydrogen (secondary N) is 1. The summed E-state index contributed by atoms with van der Waals surface area (Å²) in [7, 11) is 0. The number of aryl methyl sites for hydroxylation is 1. The highest BCUT2D eigenvalue weighted by atomic mass is 32.2. The molecule has 4 nitrogen and oxygen atoms in total. The molecule has 0 aliphatic carbocycles. The lowest BCUT2D eigenvalue weighted by molar-refractivity contribution is 0.377. The molecule has 6 heteroatoms. The molecule has 2 atom stereocenters. The Labute approximate surface area is 133 Å². The first-order chi connectivity index (χ1) is 10.2. The van der Waals surface area contributed by atoms with Crippen molar-refractivity contribution in [2.75, 3.05) is 16.8 Å². The zero-order valence-corrected chi connectivity index (χ0v) is 13.8. The smallest absolute Gasteiger partial charge is 0.245 e. The van der Waals surface area contributed by atoms with E-state index in [0.29, 0.717) is 22.9 Å². The van der Waals surface area contributed by atoms with Gasteiger partial charge in [-0.2, -0.15) is 16.7 Å². The van der Waals surface area contributed by atoms with Crippen molar-refractivity contribution < 1.29 is 4.52 Å². The Kier molecular flexibility index (Phi) is 4.75. The number of nitrogens with zero attached hydrogens (tertiary/aromatic N) is 2. The Morgan fingerprint density at radius 2 is 2.00 bits per heavy atom. The van der Waals surface area contributed by atoms with Gasteiger partial charge in [-0.3, -0.25) is 0 Å². The quantitative estimate of drug-likeness (QED) is 0.921. The molecule has 0 spiro atoms.